The first-order valence-corrected chi connectivity index (χ1v) is 4.67. The summed E-state index contributed by atoms with van der Waals surface area (Å²) in [5, 5.41) is 0. The normalized spacial score (nSPS) is 15.3. The molecule has 0 heterocycles. The predicted octanol–water partition coefficient (Wildman–Crippen LogP) is 4.14. The third kappa shape index (κ3) is 2.17. The molecule has 0 aliphatic heterocycles. The van der Waals surface area contributed by atoms with Gasteiger partial charge in [0.15, 0.2) is 4.58 Å². The van der Waals surface area contributed by atoms with Gasteiger partial charge in [-0.15, -0.1) is 0 Å². The maximum absolute atomic E-state index is 14.0. The van der Waals surface area contributed by atoms with E-state index in [0.717, 1.165) is 0 Å². The lowest BCUT2D eigenvalue weighted by Gasteiger charge is -2.42. The van der Waals surface area contributed by atoms with Gasteiger partial charge in [0.25, 0.3) is 0 Å². The predicted molar refractivity (Wildman–Crippen MR) is 51.7 cm³/mol. The molecule has 0 saturated carbocycles. The van der Waals surface area contributed by atoms with Gasteiger partial charge in [-0.3, -0.25) is 0 Å². The molecule has 0 amide bonds. The van der Waals surface area contributed by atoms with Gasteiger partial charge in [-0.1, -0.05) is 41.5 Å². The van der Waals surface area contributed by atoms with Crippen LogP contribution in [0.4, 0.5) is 4.39 Å². The lowest BCUT2D eigenvalue weighted by atomic mass is 9.75. The molecule has 0 fully saturated rings. The van der Waals surface area contributed by atoms with E-state index in [1.165, 1.54) is 0 Å². The van der Waals surface area contributed by atoms with E-state index in [-0.39, 0.29) is 10.8 Å². The molecule has 0 aliphatic carbocycles. The fourth-order valence-electron chi connectivity index (χ4n) is 1.12. The maximum Gasteiger partial charge on any atom is 0.174 e. The van der Waals surface area contributed by atoms with Crippen LogP contribution in [0.25, 0.3) is 0 Å². The Balaban J connectivity index is 4.75. The number of hydrogen-bond acceptors (Lipinski definition) is 0. The molecule has 0 aromatic carbocycles. The Bertz CT molecular complexity index is 121. The van der Waals surface area contributed by atoms with Crippen molar-refractivity contribution >= 4 is 15.9 Å². The fourth-order valence-corrected chi connectivity index (χ4v) is 1.12. The zero-order valence-corrected chi connectivity index (χ0v) is 9.84. The van der Waals surface area contributed by atoms with Crippen LogP contribution in [0.1, 0.15) is 41.5 Å². The van der Waals surface area contributed by atoms with Crippen LogP contribution in [-0.2, 0) is 0 Å². The van der Waals surface area contributed by atoms with Crippen molar-refractivity contribution in [3.63, 3.8) is 0 Å². The zero-order valence-electron chi connectivity index (χ0n) is 8.26. The average Bonchev–Trinajstić information content (AvgIpc) is 1.58. The summed E-state index contributed by atoms with van der Waals surface area (Å²) in [6.45, 7) is 11.4. The van der Waals surface area contributed by atoms with E-state index in [4.69, 9.17) is 0 Å². The Morgan fingerprint density at radius 1 is 0.818 bits per heavy atom. The summed E-state index contributed by atoms with van der Waals surface area (Å²) in [6, 6.07) is 0. The third-order valence-electron chi connectivity index (χ3n) is 1.88. The largest absolute Gasteiger partial charge is 0.230 e. The molecular weight excluding hydrogens is 207 g/mol. The molecular formula is C9H18BrF. The van der Waals surface area contributed by atoms with Crippen molar-refractivity contribution in [3.05, 3.63) is 0 Å². The summed E-state index contributed by atoms with van der Waals surface area (Å²) < 4.78 is 12.7. The molecule has 0 spiro atoms. The minimum absolute atomic E-state index is 0.370. The highest BCUT2D eigenvalue weighted by molar-refractivity contribution is 9.10. The average molecular weight is 225 g/mol. The van der Waals surface area contributed by atoms with Crippen LogP contribution in [0.15, 0.2) is 0 Å². The van der Waals surface area contributed by atoms with Gasteiger partial charge in [0, 0.05) is 10.8 Å². The van der Waals surface area contributed by atoms with Gasteiger partial charge in [-0.05, 0) is 15.9 Å². The quantitative estimate of drug-likeness (QED) is 0.543. The van der Waals surface area contributed by atoms with Crippen molar-refractivity contribution < 1.29 is 4.39 Å². The molecule has 0 saturated heterocycles. The van der Waals surface area contributed by atoms with E-state index in [9.17, 15) is 4.39 Å². The highest BCUT2D eigenvalue weighted by Gasteiger charge is 2.49. The molecule has 0 N–H and O–H groups in total. The fraction of sp³-hybridized carbons (Fsp3) is 1.00. The van der Waals surface area contributed by atoms with Gasteiger partial charge in [0.05, 0.1) is 0 Å². The van der Waals surface area contributed by atoms with E-state index in [1.54, 1.807) is 0 Å². The van der Waals surface area contributed by atoms with E-state index in [0.29, 0.717) is 0 Å². The summed E-state index contributed by atoms with van der Waals surface area (Å²) in [7, 11) is 0. The lowest BCUT2D eigenvalue weighted by molar-refractivity contribution is 0.0262. The molecule has 0 aromatic heterocycles. The van der Waals surface area contributed by atoms with Crippen molar-refractivity contribution in [1.29, 1.82) is 0 Å². The Kier molecular flexibility index (Phi) is 2.82. The van der Waals surface area contributed by atoms with Gasteiger partial charge in [0.2, 0.25) is 0 Å². The van der Waals surface area contributed by atoms with Crippen molar-refractivity contribution in [2.45, 2.75) is 46.1 Å². The Labute approximate surface area is 77.7 Å². The van der Waals surface area contributed by atoms with Crippen LogP contribution in [-0.4, -0.2) is 4.58 Å². The van der Waals surface area contributed by atoms with Crippen LogP contribution in [0.2, 0.25) is 0 Å². The molecule has 0 aliphatic rings. The molecule has 0 aromatic rings. The van der Waals surface area contributed by atoms with Gasteiger partial charge >= 0.3 is 0 Å². The highest BCUT2D eigenvalue weighted by atomic mass is 79.9. The summed E-state index contributed by atoms with van der Waals surface area (Å²) >= 11 is 3.16. The molecule has 0 radical (unpaired) electrons. The van der Waals surface area contributed by atoms with E-state index in [2.05, 4.69) is 15.9 Å². The molecule has 0 atom stereocenters. The minimum atomic E-state index is -1.31. The van der Waals surface area contributed by atoms with Crippen LogP contribution in [0.3, 0.4) is 0 Å². The first kappa shape index (κ1) is 11.4. The SMILES string of the molecule is CC(C)(C)C(F)(Br)C(C)(C)C. The Hall–Kier alpha value is 0.410. The van der Waals surface area contributed by atoms with Crippen molar-refractivity contribution in [2.75, 3.05) is 0 Å². The highest BCUT2D eigenvalue weighted by Crippen LogP contribution is 2.51. The summed E-state index contributed by atoms with van der Waals surface area (Å²) in [4.78, 5) is 0. The van der Waals surface area contributed by atoms with Crippen LogP contribution < -0.4 is 0 Å². The standard InChI is InChI=1S/C9H18BrF/c1-7(2,3)9(10,11)8(4,5)6/h1-6H3. The van der Waals surface area contributed by atoms with Gasteiger partial charge in [-0.2, -0.15) is 0 Å². The van der Waals surface area contributed by atoms with Crippen LogP contribution in [0, 0.1) is 10.8 Å². The van der Waals surface area contributed by atoms with E-state index >= 15 is 0 Å². The van der Waals surface area contributed by atoms with Crippen LogP contribution >= 0.6 is 15.9 Å². The van der Waals surface area contributed by atoms with E-state index in [1.807, 2.05) is 41.5 Å². The molecule has 11 heavy (non-hydrogen) atoms. The number of alkyl halides is 2. The first-order valence-electron chi connectivity index (χ1n) is 3.88. The molecule has 0 unspecified atom stereocenters. The number of rotatable bonds is 0. The molecule has 2 heteroatoms. The van der Waals surface area contributed by atoms with Crippen molar-refractivity contribution in [2.24, 2.45) is 10.8 Å². The second kappa shape index (κ2) is 2.72. The third-order valence-corrected chi connectivity index (χ3v) is 4.26. The number of hydrogen-bond donors (Lipinski definition) is 0. The maximum atomic E-state index is 14.0. The van der Waals surface area contributed by atoms with E-state index < -0.39 is 4.58 Å². The zero-order chi connectivity index (χ0) is 9.50. The monoisotopic (exact) mass is 224 g/mol. The van der Waals surface area contributed by atoms with Crippen molar-refractivity contribution in [3.8, 4) is 0 Å². The summed E-state index contributed by atoms with van der Waals surface area (Å²) in [6.07, 6.45) is 0. The summed E-state index contributed by atoms with van der Waals surface area (Å²) in [5.41, 5.74) is -0.740. The van der Waals surface area contributed by atoms with Crippen molar-refractivity contribution in [1.82, 2.24) is 0 Å². The molecule has 0 rings (SSSR count). The molecule has 0 nitrogen and oxygen atoms in total. The molecule has 0 bridgehead atoms. The Morgan fingerprint density at radius 2 is 1.00 bits per heavy atom. The van der Waals surface area contributed by atoms with Crippen LogP contribution in [0.5, 0.6) is 0 Å². The van der Waals surface area contributed by atoms with Gasteiger partial charge < -0.3 is 0 Å². The minimum Gasteiger partial charge on any atom is -0.230 e. The smallest absolute Gasteiger partial charge is 0.174 e. The topological polar surface area (TPSA) is 0 Å². The second-order valence-electron chi connectivity index (χ2n) is 5.07. The lowest BCUT2D eigenvalue weighted by Crippen LogP contribution is -2.43. The first-order chi connectivity index (χ1) is 4.50. The Morgan fingerprint density at radius 3 is 1.00 bits per heavy atom. The van der Waals surface area contributed by atoms with Gasteiger partial charge in [0.1, 0.15) is 0 Å². The second-order valence-corrected chi connectivity index (χ2v) is 6.17. The van der Waals surface area contributed by atoms with Gasteiger partial charge in [-0.25, -0.2) is 4.39 Å². The number of halogens is 2. The molecule has 68 valence electrons. The summed E-state index contributed by atoms with van der Waals surface area (Å²) in [5.74, 6) is 0.